The fourth-order valence-corrected chi connectivity index (χ4v) is 2.96. The minimum Gasteiger partial charge on any atom is -0.494 e. The fourth-order valence-electron chi connectivity index (χ4n) is 2.96. The highest BCUT2D eigenvalue weighted by molar-refractivity contribution is 6.01. The largest absolute Gasteiger partial charge is 0.494 e. The maximum Gasteiger partial charge on any atom is 0.271 e. The summed E-state index contributed by atoms with van der Waals surface area (Å²) in [5.41, 5.74) is 0.880. The molecule has 0 spiro atoms. The van der Waals surface area contributed by atoms with Crippen LogP contribution in [0.3, 0.4) is 0 Å². The number of carbonyl (C=O) groups is 1. The maximum absolute atomic E-state index is 12.8. The Morgan fingerprint density at radius 3 is 2.59 bits per heavy atom. The standard InChI is InChI=1S/C22H19N3O4/c1-14-5-7-17(8-6-14)29-13-19(26)20-15(2)18(10-23)21(27)25(22(20)28)12-16-4-3-9-24-11-16/h3-9,11,28H,12-13H2,1-2H3. The molecule has 3 rings (SSSR count). The van der Waals surface area contributed by atoms with Crippen molar-refractivity contribution in [2.45, 2.75) is 20.4 Å². The summed E-state index contributed by atoms with van der Waals surface area (Å²) in [7, 11) is 0. The van der Waals surface area contributed by atoms with Crippen LogP contribution in [-0.2, 0) is 6.54 Å². The lowest BCUT2D eigenvalue weighted by Gasteiger charge is -2.16. The van der Waals surface area contributed by atoms with Crippen molar-refractivity contribution in [3.05, 3.63) is 87.0 Å². The Labute approximate surface area is 167 Å². The third-order valence-corrected chi connectivity index (χ3v) is 4.53. The Morgan fingerprint density at radius 2 is 1.97 bits per heavy atom. The Morgan fingerprint density at radius 1 is 1.24 bits per heavy atom. The number of aryl methyl sites for hydroxylation is 1. The third kappa shape index (κ3) is 4.17. The van der Waals surface area contributed by atoms with Crippen LogP contribution in [0.2, 0.25) is 0 Å². The van der Waals surface area contributed by atoms with Gasteiger partial charge in [0.15, 0.2) is 6.61 Å². The number of rotatable bonds is 6. The Balaban J connectivity index is 1.97. The van der Waals surface area contributed by atoms with E-state index >= 15 is 0 Å². The maximum atomic E-state index is 12.8. The zero-order valence-corrected chi connectivity index (χ0v) is 16.0. The lowest BCUT2D eigenvalue weighted by molar-refractivity contribution is 0.0916. The molecule has 3 aromatic rings. The van der Waals surface area contributed by atoms with E-state index in [1.807, 2.05) is 25.1 Å². The quantitative estimate of drug-likeness (QED) is 0.650. The number of ether oxygens (including phenoxy) is 1. The van der Waals surface area contributed by atoms with Gasteiger partial charge in [0.05, 0.1) is 12.1 Å². The number of carbonyl (C=O) groups excluding carboxylic acids is 1. The van der Waals surface area contributed by atoms with Gasteiger partial charge in [0, 0.05) is 12.4 Å². The first-order valence-electron chi connectivity index (χ1n) is 8.90. The van der Waals surface area contributed by atoms with Crippen molar-refractivity contribution in [2.75, 3.05) is 6.61 Å². The molecule has 0 aliphatic rings. The van der Waals surface area contributed by atoms with E-state index in [2.05, 4.69) is 4.98 Å². The lowest BCUT2D eigenvalue weighted by atomic mass is 10.0. The molecule has 0 bridgehead atoms. The van der Waals surface area contributed by atoms with Crippen molar-refractivity contribution in [3.63, 3.8) is 0 Å². The molecule has 0 atom stereocenters. The summed E-state index contributed by atoms with van der Waals surface area (Å²) >= 11 is 0. The summed E-state index contributed by atoms with van der Waals surface area (Å²) in [6.07, 6.45) is 3.12. The minimum atomic E-state index is -0.664. The van der Waals surface area contributed by atoms with Gasteiger partial charge in [-0.15, -0.1) is 0 Å². The number of aromatic hydroxyl groups is 1. The van der Waals surface area contributed by atoms with Crippen molar-refractivity contribution < 1.29 is 14.6 Å². The summed E-state index contributed by atoms with van der Waals surface area (Å²) < 4.78 is 6.51. The molecular formula is C22H19N3O4. The van der Waals surface area contributed by atoms with E-state index < -0.39 is 17.2 Å². The highest BCUT2D eigenvalue weighted by Crippen LogP contribution is 2.23. The highest BCUT2D eigenvalue weighted by atomic mass is 16.5. The molecule has 0 aliphatic carbocycles. The van der Waals surface area contributed by atoms with Gasteiger partial charge in [-0.05, 0) is 43.2 Å². The molecular weight excluding hydrogens is 370 g/mol. The van der Waals surface area contributed by atoms with Crippen LogP contribution in [0.4, 0.5) is 0 Å². The molecule has 1 N–H and O–H groups in total. The zero-order chi connectivity index (χ0) is 21.0. The summed E-state index contributed by atoms with van der Waals surface area (Å²) in [5.74, 6) is -0.518. The molecule has 7 nitrogen and oxygen atoms in total. The van der Waals surface area contributed by atoms with Crippen molar-refractivity contribution >= 4 is 5.78 Å². The fraction of sp³-hybridized carbons (Fsp3) is 0.182. The topological polar surface area (TPSA) is 105 Å². The zero-order valence-electron chi connectivity index (χ0n) is 16.0. The number of hydrogen-bond donors (Lipinski definition) is 1. The molecule has 7 heteroatoms. The van der Waals surface area contributed by atoms with E-state index in [-0.39, 0.29) is 29.8 Å². The number of Topliss-reactive ketones (excluding diaryl/α,β-unsaturated/α-hetero) is 1. The first-order chi connectivity index (χ1) is 13.9. The second-order valence-corrected chi connectivity index (χ2v) is 6.59. The third-order valence-electron chi connectivity index (χ3n) is 4.53. The van der Waals surface area contributed by atoms with Gasteiger partial charge in [-0.1, -0.05) is 23.8 Å². The van der Waals surface area contributed by atoms with Crippen molar-refractivity contribution in [3.8, 4) is 17.7 Å². The van der Waals surface area contributed by atoms with Crippen LogP contribution in [0.5, 0.6) is 11.6 Å². The molecule has 2 aromatic heterocycles. The molecule has 0 aliphatic heterocycles. The van der Waals surface area contributed by atoms with Crippen LogP contribution in [0.25, 0.3) is 0 Å². The Hall–Kier alpha value is -3.92. The number of pyridine rings is 2. The van der Waals surface area contributed by atoms with E-state index in [4.69, 9.17) is 4.74 Å². The van der Waals surface area contributed by atoms with Crippen LogP contribution < -0.4 is 10.3 Å². The minimum absolute atomic E-state index is 0.0213. The van der Waals surface area contributed by atoms with Gasteiger partial charge in [0.1, 0.15) is 17.4 Å². The molecule has 2 heterocycles. The van der Waals surface area contributed by atoms with E-state index in [0.717, 1.165) is 10.1 Å². The number of benzene rings is 1. The molecule has 146 valence electrons. The van der Waals surface area contributed by atoms with Crippen LogP contribution in [0, 0.1) is 25.2 Å². The number of aromatic nitrogens is 2. The average Bonchev–Trinajstić information content (AvgIpc) is 2.72. The van der Waals surface area contributed by atoms with Gasteiger partial charge >= 0.3 is 0 Å². The van der Waals surface area contributed by atoms with Gasteiger partial charge in [0.2, 0.25) is 11.7 Å². The number of hydrogen-bond acceptors (Lipinski definition) is 6. The number of ketones is 1. The van der Waals surface area contributed by atoms with Gasteiger partial charge < -0.3 is 9.84 Å². The van der Waals surface area contributed by atoms with E-state index in [0.29, 0.717) is 11.3 Å². The van der Waals surface area contributed by atoms with Crippen LogP contribution in [0.15, 0.2) is 53.6 Å². The smallest absolute Gasteiger partial charge is 0.271 e. The number of nitrogens with zero attached hydrogens (tertiary/aromatic N) is 3. The van der Waals surface area contributed by atoms with Crippen molar-refractivity contribution in [1.82, 2.24) is 9.55 Å². The van der Waals surface area contributed by atoms with E-state index in [9.17, 15) is 20.0 Å². The second kappa shape index (κ2) is 8.40. The molecule has 0 amide bonds. The first-order valence-corrected chi connectivity index (χ1v) is 8.90. The van der Waals surface area contributed by atoms with Gasteiger partial charge in [-0.25, -0.2) is 0 Å². The van der Waals surface area contributed by atoms with Gasteiger partial charge in [-0.2, -0.15) is 5.26 Å². The highest BCUT2D eigenvalue weighted by Gasteiger charge is 2.24. The van der Waals surface area contributed by atoms with Gasteiger partial charge in [0.25, 0.3) is 5.56 Å². The normalized spacial score (nSPS) is 10.4. The van der Waals surface area contributed by atoms with Gasteiger partial charge in [-0.3, -0.25) is 19.1 Å². The van der Waals surface area contributed by atoms with Crippen LogP contribution in [0.1, 0.15) is 32.6 Å². The molecule has 29 heavy (non-hydrogen) atoms. The second-order valence-electron chi connectivity index (χ2n) is 6.59. The SMILES string of the molecule is Cc1ccc(OCC(=O)c2c(C)c(C#N)c(=O)n(Cc3cccnc3)c2O)cc1. The van der Waals surface area contributed by atoms with Crippen molar-refractivity contribution in [2.24, 2.45) is 0 Å². The predicted octanol–water partition coefficient (Wildman–Crippen LogP) is 2.75. The van der Waals surface area contributed by atoms with E-state index in [1.165, 1.54) is 6.92 Å². The van der Waals surface area contributed by atoms with Crippen molar-refractivity contribution in [1.29, 1.82) is 5.26 Å². The first kappa shape index (κ1) is 19.8. The molecule has 0 saturated carbocycles. The molecule has 0 radical (unpaired) electrons. The summed E-state index contributed by atoms with van der Waals surface area (Å²) in [6.45, 7) is 3.04. The summed E-state index contributed by atoms with van der Waals surface area (Å²) in [6, 6.07) is 12.4. The lowest BCUT2D eigenvalue weighted by Crippen LogP contribution is -2.28. The number of nitriles is 1. The summed E-state index contributed by atoms with van der Waals surface area (Å²) in [4.78, 5) is 29.4. The van der Waals surface area contributed by atoms with E-state index in [1.54, 1.807) is 36.7 Å². The molecule has 0 fully saturated rings. The predicted molar refractivity (Wildman–Crippen MR) is 106 cm³/mol. The molecule has 1 aromatic carbocycles. The molecule has 0 saturated heterocycles. The average molecular weight is 389 g/mol. The van der Waals surface area contributed by atoms with Crippen LogP contribution >= 0.6 is 0 Å². The molecule has 0 unspecified atom stereocenters. The van der Waals surface area contributed by atoms with Crippen LogP contribution in [-0.4, -0.2) is 27.0 Å². The summed E-state index contributed by atoms with van der Waals surface area (Å²) in [5, 5.41) is 20.1. The Bertz CT molecular complexity index is 1140. The Kier molecular flexibility index (Phi) is 5.74. The monoisotopic (exact) mass is 389 g/mol.